The molecule has 0 aliphatic rings. The molecule has 0 unspecified atom stereocenters. The van der Waals surface area contributed by atoms with E-state index in [-0.39, 0.29) is 17.2 Å². The quantitative estimate of drug-likeness (QED) is 0.752. The van der Waals surface area contributed by atoms with Gasteiger partial charge in [0.25, 0.3) is 5.91 Å². The molecule has 0 saturated heterocycles. The minimum Gasteiger partial charge on any atom is -0.335 e. The highest BCUT2D eigenvalue weighted by Gasteiger charge is 2.12. The van der Waals surface area contributed by atoms with E-state index in [1.807, 2.05) is 19.1 Å². The van der Waals surface area contributed by atoms with Gasteiger partial charge in [-0.15, -0.1) is 0 Å². The largest absolute Gasteiger partial charge is 0.335 e. The lowest BCUT2D eigenvalue weighted by atomic mass is 10.2. The van der Waals surface area contributed by atoms with Gasteiger partial charge in [0.15, 0.2) is 0 Å². The summed E-state index contributed by atoms with van der Waals surface area (Å²) >= 11 is 0. The van der Waals surface area contributed by atoms with E-state index in [2.05, 4.69) is 20.6 Å². The number of nitrogens with zero attached hydrogens (tertiary/aromatic N) is 2. The number of rotatable bonds is 4. The van der Waals surface area contributed by atoms with E-state index in [1.165, 1.54) is 12.1 Å². The van der Waals surface area contributed by atoms with E-state index >= 15 is 0 Å². The standard InChI is InChI=1S/C18H14F2N4O/c1-11-5-7-12(8-6-11)23-18(25)15-9-16(22-10-21-15)24-17-13(19)3-2-4-14(17)20/h2-10H,1H3,(H,23,25)(H,21,22,24). The first kappa shape index (κ1) is 16.5. The summed E-state index contributed by atoms with van der Waals surface area (Å²) in [5.41, 5.74) is 1.41. The lowest BCUT2D eigenvalue weighted by Crippen LogP contribution is -2.14. The molecule has 2 aromatic carbocycles. The zero-order chi connectivity index (χ0) is 17.8. The van der Waals surface area contributed by atoms with Crippen molar-refractivity contribution in [2.75, 3.05) is 10.6 Å². The number of para-hydroxylation sites is 1. The number of carbonyl (C=O) groups excluding carboxylic acids is 1. The Kier molecular flexibility index (Phi) is 4.65. The minimum atomic E-state index is -0.760. The molecule has 0 saturated carbocycles. The smallest absolute Gasteiger partial charge is 0.274 e. The molecular weight excluding hydrogens is 326 g/mol. The van der Waals surface area contributed by atoms with Gasteiger partial charge in [-0.1, -0.05) is 23.8 Å². The van der Waals surface area contributed by atoms with Crippen molar-refractivity contribution >= 4 is 23.1 Å². The maximum Gasteiger partial charge on any atom is 0.274 e. The average molecular weight is 340 g/mol. The Hall–Kier alpha value is -3.35. The van der Waals surface area contributed by atoms with E-state index in [1.54, 1.807) is 12.1 Å². The Morgan fingerprint density at radius 2 is 1.68 bits per heavy atom. The molecule has 0 spiro atoms. The lowest BCUT2D eigenvalue weighted by molar-refractivity contribution is 0.102. The van der Waals surface area contributed by atoms with Crippen LogP contribution in [0, 0.1) is 18.6 Å². The van der Waals surface area contributed by atoms with Crippen LogP contribution < -0.4 is 10.6 Å². The summed E-state index contributed by atoms with van der Waals surface area (Å²) in [6, 6.07) is 12.1. The van der Waals surface area contributed by atoms with Crippen LogP contribution in [-0.4, -0.2) is 15.9 Å². The Morgan fingerprint density at radius 3 is 2.36 bits per heavy atom. The maximum absolute atomic E-state index is 13.7. The normalized spacial score (nSPS) is 10.4. The third-order valence-electron chi connectivity index (χ3n) is 3.42. The van der Waals surface area contributed by atoms with Crippen molar-refractivity contribution in [2.45, 2.75) is 6.92 Å². The van der Waals surface area contributed by atoms with Crippen molar-refractivity contribution < 1.29 is 13.6 Å². The molecule has 126 valence electrons. The van der Waals surface area contributed by atoms with E-state index in [9.17, 15) is 13.6 Å². The van der Waals surface area contributed by atoms with Crippen LogP contribution in [0.25, 0.3) is 0 Å². The summed E-state index contributed by atoms with van der Waals surface area (Å²) < 4.78 is 27.4. The fourth-order valence-corrected chi connectivity index (χ4v) is 2.13. The van der Waals surface area contributed by atoms with Crippen molar-refractivity contribution in [3.8, 4) is 0 Å². The number of aryl methyl sites for hydroxylation is 1. The van der Waals surface area contributed by atoms with Crippen LogP contribution in [0.2, 0.25) is 0 Å². The number of hydrogen-bond acceptors (Lipinski definition) is 4. The van der Waals surface area contributed by atoms with Crippen LogP contribution in [-0.2, 0) is 0 Å². The summed E-state index contributed by atoms with van der Waals surface area (Å²) in [7, 11) is 0. The van der Waals surface area contributed by atoms with Gasteiger partial charge in [-0.05, 0) is 31.2 Å². The van der Waals surface area contributed by atoms with E-state index < -0.39 is 17.5 Å². The molecule has 0 aliphatic heterocycles. The second-order valence-electron chi connectivity index (χ2n) is 5.33. The monoisotopic (exact) mass is 340 g/mol. The number of nitrogens with one attached hydrogen (secondary N) is 2. The Balaban J connectivity index is 1.79. The molecule has 0 aliphatic carbocycles. The van der Waals surface area contributed by atoms with Crippen LogP contribution in [0.5, 0.6) is 0 Å². The second kappa shape index (κ2) is 7.04. The molecule has 3 rings (SSSR count). The topological polar surface area (TPSA) is 66.9 Å². The van der Waals surface area contributed by atoms with Crippen LogP contribution in [0.1, 0.15) is 16.1 Å². The SMILES string of the molecule is Cc1ccc(NC(=O)c2cc(Nc3c(F)cccc3F)ncn2)cc1. The molecule has 25 heavy (non-hydrogen) atoms. The highest BCUT2D eigenvalue weighted by atomic mass is 19.1. The van der Waals surface area contributed by atoms with Gasteiger partial charge in [0.05, 0.1) is 0 Å². The van der Waals surface area contributed by atoms with Gasteiger partial charge >= 0.3 is 0 Å². The van der Waals surface area contributed by atoms with Gasteiger partial charge in [0, 0.05) is 11.8 Å². The number of halogens is 2. The maximum atomic E-state index is 13.7. The van der Waals surface area contributed by atoms with Gasteiger partial charge in [-0.3, -0.25) is 4.79 Å². The Bertz CT molecular complexity index is 893. The summed E-state index contributed by atoms with van der Waals surface area (Å²) in [5, 5.41) is 5.22. The number of carbonyl (C=O) groups is 1. The Labute approximate surface area is 142 Å². The van der Waals surface area contributed by atoms with Crippen LogP contribution in [0.4, 0.5) is 26.0 Å². The van der Waals surface area contributed by atoms with Crippen LogP contribution in [0.15, 0.2) is 54.9 Å². The minimum absolute atomic E-state index is 0.0647. The third kappa shape index (κ3) is 3.95. The van der Waals surface area contributed by atoms with Crippen molar-refractivity contribution in [1.29, 1.82) is 0 Å². The molecule has 0 radical (unpaired) electrons. The fraction of sp³-hybridized carbons (Fsp3) is 0.0556. The van der Waals surface area contributed by atoms with Crippen molar-refractivity contribution in [3.63, 3.8) is 0 Å². The van der Waals surface area contributed by atoms with E-state index in [4.69, 9.17) is 0 Å². The highest BCUT2D eigenvalue weighted by molar-refractivity contribution is 6.03. The molecule has 1 heterocycles. The first-order chi connectivity index (χ1) is 12.0. The molecule has 1 amide bonds. The summed E-state index contributed by atoms with van der Waals surface area (Å²) in [6.45, 7) is 1.94. The van der Waals surface area contributed by atoms with Crippen molar-refractivity contribution in [1.82, 2.24) is 9.97 Å². The van der Waals surface area contributed by atoms with Gasteiger partial charge in [-0.25, -0.2) is 18.7 Å². The van der Waals surface area contributed by atoms with Gasteiger partial charge in [0.2, 0.25) is 0 Å². The van der Waals surface area contributed by atoms with Gasteiger partial charge < -0.3 is 10.6 Å². The van der Waals surface area contributed by atoms with Crippen LogP contribution >= 0.6 is 0 Å². The number of amides is 1. The zero-order valence-corrected chi connectivity index (χ0v) is 13.3. The van der Waals surface area contributed by atoms with Gasteiger partial charge in [-0.2, -0.15) is 0 Å². The molecule has 0 fully saturated rings. The molecule has 1 aromatic heterocycles. The Morgan fingerprint density at radius 1 is 1.00 bits per heavy atom. The van der Waals surface area contributed by atoms with E-state index in [0.717, 1.165) is 24.0 Å². The van der Waals surface area contributed by atoms with Crippen molar-refractivity contribution in [3.05, 3.63) is 77.8 Å². The predicted octanol–water partition coefficient (Wildman–Crippen LogP) is 4.06. The molecule has 7 heteroatoms. The first-order valence-corrected chi connectivity index (χ1v) is 7.44. The fourth-order valence-electron chi connectivity index (χ4n) is 2.13. The number of benzene rings is 2. The zero-order valence-electron chi connectivity index (χ0n) is 13.3. The van der Waals surface area contributed by atoms with E-state index in [0.29, 0.717) is 5.69 Å². The first-order valence-electron chi connectivity index (χ1n) is 7.44. The number of aromatic nitrogens is 2. The molecule has 5 nitrogen and oxygen atoms in total. The second-order valence-corrected chi connectivity index (χ2v) is 5.33. The third-order valence-corrected chi connectivity index (χ3v) is 3.42. The molecule has 0 bridgehead atoms. The van der Waals surface area contributed by atoms with Crippen molar-refractivity contribution in [2.24, 2.45) is 0 Å². The van der Waals surface area contributed by atoms with Crippen LogP contribution in [0.3, 0.4) is 0 Å². The number of hydrogen-bond donors (Lipinski definition) is 2. The predicted molar refractivity (Wildman–Crippen MR) is 90.8 cm³/mol. The molecule has 3 aromatic rings. The lowest BCUT2D eigenvalue weighted by Gasteiger charge is -2.09. The van der Waals surface area contributed by atoms with Gasteiger partial charge in [0.1, 0.15) is 35.2 Å². The summed E-state index contributed by atoms with van der Waals surface area (Å²) in [6.07, 6.45) is 1.14. The molecule has 2 N–H and O–H groups in total. The molecule has 0 atom stereocenters. The molecular formula is C18H14F2N4O. The summed E-state index contributed by atoms with van der Waals surface area (Å²) in [5.74, 6) is -1.87. The average Bonchev–Trinajstić information content (AvgIpc) is 2.60. The highest BCUT2D eigenvalue weighted by Crippen LogP contribution is 2.22. The summed E-state index contributed by atoms with van der Waals surface area (Å²) in [4.78, 5) is 20.0. The number of anilines is 3.